The van der Waals surface area contributed by atoms with Crippen LogP contribution in [0.15, 0.2) is 91.0 Å². The number of rotatable bonds is 12. The van der Waals surface area contributed by atoms with Gasteiger partial charge in [-0.05, 0) is 0 Å². The van der Waals surface area contributed by atoms with Crippen LogP contribution >= 0.6 is 0 Å². The summed E-state index contributed by atoms with van der Waals surface area (Å²) in [6.45, 7) is 17.8. The number of benzene rings is 3. The van der Waals surface area contributed by atoms with Crippen LogP contribution in [-0.4, -0.2) is 6.61 Å². The van der Waals surface area contributed by atoms with Gasteiger partial charge in [0.15, 0.2) is 0 Å². The average Bonchev–Trinajstić information content (AvgIpc) is 2.83. The fraction of sp³-hybridized carbons (Fsp3) is 0.455. The number of hydrogen-bond donors (Lipinski definition) is 0. The van der Waals surface area contributed by atoms with Crippen molar-refractivity contribution >= 4 is 0 Å². The van der Waals surface area contributed by atoms with Crippen LogP contribution in [0.1, 0.15) is 71.6 Å². The van der Waals surface area contributed by atoms with Crippen molar-refractivity contribution in [3.63, 3.8) is 0 Å². The minimum absolute atomic E-state index is 0.0795. The molecule has 0 aromatic heterocycles. The Morgan fingerprint density at radius 1 is 0.514 bits per heavy atom. The standard InChI is InChI=1S/3C10H13.C3H7O.Hf/c3*1-10(2,3)9-7-5-4-6-8-9;1-2-3-4;/h3*4-8H,1H2,2-3H3;2-3H2,1H3;/q;;;-1;+1. The monoisotopic (exact) mass is 638 g/mol. The van der Waals surface area contributed by atoms with E-state index in [0.717, 1.165) is 13.0 Å². The van der Waals surface area contributed by atoms with E-state index in [1.54, 1.807) is 0 Å². The quantitative estimate of drug-likeness (QED) is 0.180. The van der Waals surface area contributed by atoms with Gasteiger partial charge in [0, 0.05) is 0 Å². The van der Waals surface area contributed by atoms with E-state index in [1.807, 2.05) is 0 Å². The molecule has 0 aliphatic carbocycles. The zero-order valence-electron chi connectivity index (χ0n) is 23.1. The van der Waals surface area contributed by atoms with E-state index in [4.69, 9.17) is 2.85 Å². The van der Waals surface area contributed by atoms with Gasteiger partial charge in [-0.1, -0.05) is 0 Å². The predicted molar refractivity (Wildman–Crippen MR) is 149 cm³/mol. The van der Waals surface area contributed by atoms with Crippen LogP contribution in [0.2, 0.25) is 12.5 Å². The molecule has 0 atom stereocenters. The summed E-state index contributed by atoms with van der Waals surface area (Å²) >= 11 is -3.46. The molecule has 2 heteroatoms. The van der Waals surface area contributed by atoms with Gasteiger partial charge in [-0.3, -0.25) is 0 Å². The van der Waals surface area contributed by atoms with Gasteiger partial charge in [-0.2, -0.15) is 0 Å². The average molecular weight is 637 g/mol. The molecule has 0 bridgehead atoms. The van der Waals surface area contributed by atoms with E-state index in [9.17, 15) is 0 Å². The topological polar surface area (TPSA) is 9.23 Å². The van der Waals surface area contributed by atoms with Gasteiger partial charge in [-0.25, -0.2) is 0 Å². The van der Waals surface area contributed by atoms with Gasteiger partial charge in [0.1, 0.15) is 0 Å². The molecular weight excluding hydrogens is 591 g/mol. The molecule has 1 nitrogen and oxygen atoms in total. The van der Waals surface area contributed by atoms with E-state index in [0.29, 0.717) is 0 Å². The first-order valence-corrected chi connectivity index (χ1v) is 22.4. The Bertz CT molecular complexity index is 893. The molecule has 0 heterocycles. The van der Waals surface area contributed by atoms with Gasteiger partial charge in [-0.15, -0.1) is 0 Å². The molecule has 3 rings (SSSR count). The fourth-order valence-electron chi connectivity index (χ4n) is 6.05. The second kappa shape index (κ2) is 11.7. The van der Waals surface area contributed by atoms with Crippen molar-refractivity contribution in [2.24, 2.45) is 0 Å². The van der Waals surface area contributed by atoms with Gasteiger partial charge >= 0.3 is 221 Å². The van der Waals surface area contributed by atoms with Crippen LogP contribution in [0.5, 0.6) is 0 Å². The van der Waals surface area contributed by atoms with Crippen LogP contribution in [0, 0.1) is 0 Å². The maximum absolute atomic E-state index is 7.27. The van der Waals surface area contributed by atoms with Crippen LogP contribution < -0.4 is 0 Å². The van der Waals surface area contributed by atoms with Crippen molar-refractivity contribution in [1.29, 1.82) is 0 Å². The summed E-state index contributed by atoms with van der Waals surface area (Å²) in [5.74, 6) is 0. The molecule has 0 spiro atoms. The van der Waals surface area contributed by atoms with Crippen molar-refractivity contribution in [2.45, 2.75) is 83.7 Å². The van der Waals surface area contributed by atoms with Gasteiger partial charge in [0.2, 0.25) is 0 Å². The SMILES string of the molecule is CCC[O][Hf]([CH2]C(C)(C)c1ccccc1)([CH2]C(C)(C)c1ccccc1)[CH2]C(C)(C)c1ccccc1. The Labute approximate surface area is 220 Å². The first kappa shape index (κ1) is 28.1. The van der Waals surface area contributed by atoms with Gasteiger partial charge in [0.05, 0.1) is 0 Å². The zero-order valence-corrected chi connectivity index (χ0v) is 26.7. The molecule has 0 radical (unpaired) electrons. The summed E-state index contributed by atoms with van der Waals surface area (Å²) in [7, 11) is 0. The molecule has 0 amide bonds. The Balaban J connectivity index is 2.09. The molecular formula is C33H46HfO. The summed E-state index contributed by atoms with van der Waals surface area (Å²) in [6, 6.07) is 33.3. The molecule has 0 aliphatic rings. The van der Waals surface area contributed by atoms with Crippen molar-refractivity contribution < 1.29 is 23.3 Å². The van der Waals surface area contributed by atoms with Crippen molar-refractivity contribution in [3.8, 4) is 0 Å². The Morgan fingerprint density at radius 2 is 0.800 bits per heavy atom. The van der Waals surface area contributed by atoms with E-state index in [-0.39, 0.29) is 16.2 Å². The predicted octanol–water partition coefficient (Wildman–Crippen LogP) is 9.67. The first-order valence-electron chi connectivity index (χ1n) is 13.3. The summed E-state index contributed by atoms with van der Waals surface area (Å²) in [4.78, 5) is 0. The van der Waals surface area contributed by atoms with Gasteiger partial charge < -0.3 is 0 Å². The van der Waals surface area contributed by atoms with Crippen LogP contribution in [0.4, 0.5) is 0 Å². The molecule has 0 saturated heterocycles. The van der Waals surface area contributed by atoms with Gasteiger partial charge in [0.25, 0.3) is 0 Å². The van der Waals surface area contributed by atoms with Crippen LogP contribution in [0.25, 0.3) is 0 Å². The molecule has 0 fully saturated rings. The number of hydrogen-bond acceptors (Lipinski definition) is 1. The first-order chi connectivity index (χ1) is 16.5. The zero-order chi connectivity index (χ0) is 25.6. The maximum atomic E-state index is 7.27. The third-order valence-corrected chi connectivity index (χ3v) is 27.0. The molecule has 0 unspecified atom stereocenters. The Morgan fingerprint density at radius 3 is 1.06 bits per heavy atom. The van der Waals surface area contributed by atoms with E-state index in [1.165, 1.54) is 29.2 Å². The second-order valence-corrected chi connectivity index (χ2v) is 25.7. The summed E-state index contributed by atoms with van der Waals surface area (Å²) in [6.07, 6.45) is 1.07. The summed E-state index contributed by atoms with van der Waals surface area (Å²) < 4.78 is 10.8. The van der Waals surface area contributed by atoms with Crippen molar-refractivity contribution in [2.75, 3.05) is 6.61 Å². The molecule has 188 valence electrons. The van der Waals surface area contributed by atoms with E-state index >= 15 is 0 Å². The minimum atomic E-state index is -3.46. The van der Waals surface area contributed by atoms with Crippen molar-refractivity contribution in [3.05, 3.63) is 108 Å². The molecule has 0 saturated carbocycles. The van der Waals surface area contributed by atoms with Crippen molar-refractivity contribution in [1.82, 2.24) is 0 Å². The van der Waals surface area contributed by atoms with Crippen LogP contribution in [-0.2, 0) is 39.5 Å². The normalized spacial score (nSPS) is 13.1. The summed E-state index contributed by atoms with van der Waals surface area (Å²) in [5.41, 5.74) is 4.53. The third-order valence-electron chi connectivity index (χ3n) is 7.57. The molecule has 3 aromatic carbocycles. The second-order valence-electron chi connectivity index (χ2n) is 12.3. The van der Waals surface area contributed by atoms with E-state index < -0.39 is 20.4 Å². The summed E-state index contributed by atoms with van der Waals surface area (Å²) in [5, 5.41) is 0. The molecule has 0 N–H and O–H groups in total. The molecule has 35 heavy (non-hydrogen) atoms. The fourth-order valence-corrected chi connectivity index (χ4v) is 30.3. The third kappa shape index (κ3) is 7.49. The van der Waals surface area contributed by atoms with Crippen LogP contribution in [0.3, 0.4) is 0 Å². The molecule has 3 aromatic rings. The Kier molecular flexibility index (Phi) is 9.38. The Hall–Kier alpha value is -1.51. The molecule has 0 aliphatic heterocycles. The van der Waals surface area contributed by atoms with E-state index in [2.05, 4.69) is 139 Å².